The molecular weight excluding hydrogens is 1420 g/mol. The first-order chi connectivity index (χ1) is 54.0. The van der Waals surface area contributed by atoms with Crippen LogP contribution in [0.15, 0.2) is 34.9 Å². The number of nitriles is 1. The van der Waals surface area contributed by atoms with E-state index in [-0.39, 0.29) is 108 Å². The van der Waals surface area contributed by atoms with E-state index in [1.807, 2.05) is 0 Å². The zero-order chi connectivity index (χ0) is 81.3. The van der Waals surface area contributed by atoms with Gasteiger partial charge in [-0.2, -0.15) is 5.26 Å². The van der Waals surface area contributed by atoms with Gasteiger partial charge in [0.1, 0.15) is 53.6 Å². The van der Waals surface area contributed by atoms with Crippen LogP contribution in [0.2, 0.25) is 0 Å². The number of carbonyl (C=O) groups excluding carboxylic acids is 9. The molecule has 626 valence electrons. The van der Waals surface area contributed by atoms with Crippen LogP contribution < -0.4 is 0 Å². The van der Waals surface area contributed by atoms with E-state index in [2.05, 4.69) is 107 Å². The summed E-state index contributed by atoms with van der Waals surface area (Å²) in [5.41, 5.74) is 2.28. The molecule has 0 saturated heterocycles. The molecule has 36 atom stereocenters. The molecular formula is C101H145NO12. The molecule has 13 nitrogen and oxygen atoms in total. The number of rotatable bonds is 3. The molecule has 17 saturated carbocycles. The maximum absolute atomic E-state index is 13.2. The topological polar surface area (TPSA) is 238 Å². The quantitative estimate of drug-likeness (QED) is 0.223. The Hall–Kier alpha value is -4.38. The molecule has 20 aliphatic rings. The predicted octanol–water partition coefficient (Wildman–Crippen LogP) is 19.3. The largest absolute Gasteiger partial charge is 0.393 e. The highest BCUT2D eigenvalue weighted by atomic mass is 16.3. The number of aldehydes is 3. The second-order valence-corrected chi connectivity index (χ2v) is 46.3. The average molecular weight is 1570 g/mol. The molecule has 0 aromatic carbocycles. The molecule has 0 heterocycles. The van der Waals surface area contributed by atoms with Crippen molar-refractivity contribution in [2.45, 2.75) is 339 Å². The number of hydrogen-bond donors (Lipinski definition) is 3. The highest BCUT2D eigenvalue weighted by Gasteiger charge is 2.69. The van der Waals surface area contributed by atoms with Crippen molar-refractivity contribution >= 4 is 53.6 Å². The van der Waals surface area contributed by atoms with Crippen molar-refractivity contribution in [3.63, 3.8) is 0 Å². The summed E-state index contributed by atoms with van der Waals surface area (Å²) in [5, 5.41) is 39.6. The highest BCUT2D eigenvalue weighted by molar-refractivity contribution is 5.96. The summed E-state index contributed by atoms with van der Waals surface area (Å²) < 4.78 is 0. The first-order valence-electron chi connectivity index (χ1n) is 47.0. The third-order valence-electron chi connectivity index (χ3n) is 41.4. The van der Waals surface area contributed by atoms with Crippen LogP contribution in [0.1, 0.15) is 321 Å². The van der Waals surface area contributed by atoms with E-state index in [9.17, 15) is 63.7 Å². The number of hydrogen-bond acceptors (Lipinski definition) is 13. The Bertz CT molecular complexity index is 3830. The van der Waals surface area contributed by atoms with Crippen LogP contribution in [0.4, 0.5) is 0 Å². The van der Waals surface area contributed by atoms with Gasteiger partial charge in [-0.1, -0.05) is 114 Å². The number of nitrogens with zero attached hydrogens (tertiary/aromatic N) is 1. The minimum absolute atomic E-state index is 0.0600. The third-order valence-corrected chi connectivity index (χ3v) is 41.4. The number of allylic oxidation sites excluding steroid dienone is 6. The van der Waals surface area contributed by atoms with E-state index in [4.69, 9.17) is 0 Å². The van der Waals surface area contributed by atoms with Gasteiger partial charge >= 0.3 is 0 Å². The summed E-state index contributed by atoms with van der Waals surface area (Å²) in [6.07, 6.45) is 46.0. The van der Waals surface area contributed by atoms with Gasteiger partial charge in [-0.25, -0.2) is 0 Å². The number of carbonyl (C=O) groups is 9. The van der Waals surface area contributed by atoms with Gasteiger partial charge in [0.05, 0.1) is 24.4 Å². The molecule has 0 spiro atoms. The molecule has 20 aliphatic carbocycles. The van der Waals surface area contributed by atoms with E-state index in [1.54, 1.807) is 0 Å². The fourth-order valence-electron chi connectivity index (χ4n) is 35.1. The second kappa shape index (κ2) is 30.0. The molecule has 0 aliphatic heterocycles. The summed E-state index contributed by atoms with van der Waals surface area (Å²) in [4.78, 5) is 113. The first-order valence-corrected chi connectivity index (χ1v) is 47.0. The molecule has 13 heteroatoms. The maximum atomic E-state index is 13.2. The minimum atomic E-state index is -0.365. The summed E-state index contributed by atoms with van der Waals surface area (Å²) in [6, 6.07) is 2.40. The number of fused-ring (bicyclic) bond motifs is 25. The molecule has 17 fully saturated rings. The van der Waals surface area contributed by atoms with Gasteiger partial charge in [0.25, 0.3) is 0 Å². The van der Waals surface area contributed by atoms with Crippen LogP contribution in [0, 0.1) is 202 Å². The van der Waals surface area contributed by atoms with E-state index >= 15 is 0 Å². The summed E-state index contributed by atoms with van der Waals surface area (Å²) in [7, 11) is 0. The highest BCUT2D eigenvalue weighted by Crippen LogP contribution is 2.72. The normalized spacial score (nSPS) is 53.3. The Morgan fingerprint density at radius 2 is 0.675 bits per heavy atom. The van der Waals surface area contributed by atoms with E-state index < -0.39 is 0 Å². The molecule has 3 N–H and O–H groups in total. The minimum Gasteiger partial charge on any atom is -0.393 e. The maximum Gasteiger partial charge on any atom is 0.146 e. The van der Waals surface area contributed by atoms with Crippen LogP contribution >= 0.6 is 0 Å². The summed E-state index contributed by atoms with van der Waals surface area (Å²) in [6.45, 7) is 27.3. The monoisotopic (exact) mass is 1560 g/mol. The van der Waals surface area contributed by atoms with Crippen molar-refractivity contribution < 1.29 is 58.5 Å². The molecule has 114 heavy (non-hydrogen) atoms. The predicted molar refractivity (Wildman–Crippen MR) is 440 cm³/mol. The van der Waals surface area contributed by atoms with Crippen LogP contribution in [-0.2, 0) is 43.2 Å². The number of aliphatic hydroxyl groups excluding tert-OH is 3. The fraction of sp³-hybridized carbons (Fsp3) is 0.842. The molecule has 0 bridgehead atoms. The molecule has 20 rings (SSSR count). The van der Waals surface area contributed by atoms with Crippen molar-refractivity contribution in [2.24, 2.45) is 190 Å². The summed E-state index contributed by atoms with van der Waals surface area (Å²) >= 11 is 0. The van der Waals surface area contributed by atoms with Gasteiger partial charge in [-0.05, 0) is 330 Å². The van der Waals surface area contributed by atoms with Crippen LogP contribution in [0.5, 0.6) is 0 Å². The lowest BCUT2D eigenvalue weighted by Crippen LogP contribution is -2.57. The SMILES string of the molecule is C[C@@H]1CC[C@@]2(C)[C@@H](CC[C@@H]3[C@@H]2C(=O)C[C@]2(C)C(C#N)=CC[C@@H]32)C1.C[C@@H]1CC[C@@]2(C)[C@@H](CC[C@@H]3[C@@H]2C(=O)C[C@]2(C)C(C=O)=CC[C@@H]32)C1.C[C@]12CC[C@@H](O)C[C@@H]1CC[C@@H]1[C@@H]2C(=O)C[C@]2(C)C(=O)CC[C@@H]12.C[C@]12CC[C@@H](O)C[C@@H]1CC[C@@H]1[C@@H]2C(=O)C[C@]2(C)C(C=O)=CC[C@@H]12.C[C@]12CC[C@@H](O)C[C@@H]1CC[C@H]1[C@@H]3CC[C@H](C=O)[C@@]3(C)CC(=O)[C@@H]12. The Balaban J connectivity index is 0.000000107. The standard InChI is InChI=1S/C21H29NO.C21H30O2.C20H30O3.C20H28O3.C19H28O3/c2*1-13-8-9-20(2)14(10-13)4-6-16-17-7-5-15(12-22)21(17,3)11-18(23)19(16)20;2*1-19-8-7-14(22)9-12(19)3-5-15-16-6-4-13(11-21)20(16,2)10-17(23)18(15)19;1-18-8-7-12(20)9-11(18)3-4-13-14-5-6-16(22)19(14,2)10-15(21)17(13)18/h5,13-14,16-17,19H,4,6-11H2,1-3H3;5,12-14,16-17,19H,4,6-11H2,1-3H3;11-16,18,22H,3-10H2,1-2H3;4,11-12,14-16,18,22H,3,5-10H2,1-2H3;11-14,17,20H,3-10H2,1-2H3/t2*13-,14+,16+,17+,19-,20+,21-;12-,13+,14+,15-,16-,18+,19-,20+;12-,14+,15-,16-,18+,19-,20+;11-,12+,13-,14-,17+,18-,19-/m11000/s1. The van der Waals surface area contributed by atoms with Crippen molar-refractivity contribution in [2.75, 3.05) is 0 Å². The lowest BCUT2D eigenvalue weighted by atomic mass is 9.44. The molecule has 0 unspecified atom stereocenters. The van der Waals surface area contributed by atoms with Gasteiger partial charge in [0.2, 0.25) is 0 Å². The Morgan fingerprint density at radius 3 is 1.05 bits per heavy atom. The van der Waals surface area contributed by atoms with Gasteiger partial charge in [0, 0.05) is 101 Å². The summed E-state index contributed by atoms with van der Waals surface area (Å²) in [5.74, 6) is 12.9. The fourth-order valence-corrected chi connectivity index (χ4v) is 35.1. The van der Waals surface area contributed by atoms with E-state index in [0.29, 0.717) is 150 Å². The molecule has 0 aromatic rings. The Morgan fingerprint density at radius 1 is 0.351 bits per heavy atom. The van der Waals surface area contributed by atoms with E-state index in [0.717, 1.165) is 194 Å². The van der Waals surface area contributed by atoms with Crippen LogP contribution in [-0.4, -0.2) is 87.2 Å². The molecule has 0 aromatic heterocycles. The van der Waals surface area contributed by atoms with Crippen LogP contribution in [0.3, 0.4) is 0 Å². The second-order valence-electron chi connectivity index (χ2n) is 46.3. The van der Waals surface area contributed by atoms with Gasteiger partial charge in [0.15, 0.2) is 0 Å². The number of ketones is 6. The first kappa shape index (κ1) is 83.3. The van der Waals surface area contributed by atoms with Crippen molar-refractivity contribution in [1.29, 1.82) is 5.26 Å². The number of Topliss-reactive ketones (excluding diaryl/α,β-unsaturated/α-hetero) is 6. The van der Waals surface area contributed by atoms with Crippen molar-refractivity contribution in [3.8, 4) is 6.07 Å². The van der Waals surface area contributed by atoms with Gasteiger partial charge in [-0.3, -0.25) is 38.4 Å². The van der Waals surface area contributed by atoms with Crippen LogP contribution in [0.25, 0.3) is 0 Å². The molecule has 0 amide bonds. The Kier molecular flexibility index (Phi) is 21.9. The van der Waals surface area contributed by atoms with Crippen molar-refractivity contribution in [1.82, 2.24) is 0 Å². The van der Waals surface area contributed by atoms with Gasteiger partial charge in [-0.15, -0.1) is 0 Å². The lowest BCUT2D eigenvalue weighted by Gasteiger charge is -2.59. The lowest BCUT2D eigenvalue weighted by molar-refractivity contribution is -0.162. The molecule has 0 radical (unpaired) electrons. The zero-order valence-corrected chi connectivity index (χ0v) is 72.1. The van der Waals surface area contributed by atoms with E-state index in [1.165, 1.54) is 64.2 Å². The average Bonchev–Trinajstić information content (AvgIpc) is 1.41. The Labute approximate surface area is 683 Å². The number of aliphatic hydroxyl groups is 3. The zero-order valence-electron chi connectivity index (χ0n) is 72.1. The van der Waals surface area contributed by atoms with Gasteiger partial charge < -0.3 is 20.1 Å². The smallest absolute Gasteiger partial charge is 0.146 e. The van der Waals surface area contributed by atoms with Crippen molar-refractivity contribution in [3.05, 3.63) is 34.9 Å². The third kappa shape index (κ3) is 12.8.